The Kier molecular flexibility index (Phi) is 39.9. The highest BCUT2D eigenvalue weighted by atomic mass is 14.4. The van der Waals surface area contributed by atoms with Crippen molar-refractivity contribution in [3.05, 3.63) is 0 Å². The maximum absolute atomic E-state index is 2.43. The molecule has 0 radical (unpaired) electrons. The predicted molar refractivity (Wildman–Crippen MR) is 165 cm³/mol. The number of hydrogen-bond acceptors (Lipinski definition) is 0. The lowest BCUT2D eigenvalue weighted by Gasteiger charge is -2.20. The lowest BCUT2D eigenvalue weighted by Crippen LogP contribution is -2.10. The molecule has 1 aliphatic carbocycles. The zero-order chi connectivity index (χ0) is 27.4. The highest BCUT2D eigenvalue weighted by Crippen LogP contribution is 2.41. The van der Waals surface area contributed by atoms with Crippen LogP contribution in [0.5, 0.6) is 0 Å². The lowest BCUT2D eigenvalue weighted by molar-refractivity contribution is 0.302. The van der Waals surface area contributed by atoms with Crippen LogP contribution in [0, 0.1) is 35.5 Å². The summed E-state index contributed by atoms with van der Waals surface area (Å²) in [6.07, 6.45) is 19.3. The standard InChI is InChI=1S/C13H26.C8H18.C6H14.C4H10.C3H8/c1-5-10(3)7-13-9-11(4)8-12(13)6-2;1-4-7-8(5-2)6-3;1-4-6(3)5-2;1-3-4-2;1-3-2/h10-13H,5-9H2,1-4H3;8H,4-7H2,1-3H3;6H,4-5H2,1-3H3;3-4H2,1-2H3;3H2,1-2H3. The van der Waals surface area contributed by atoms with E-state index in [0.29, 0.717) is 0 Å². The monoisotopic (exact) mass is 485 g/mol. The minimum atomic E-state index is 0.935. The fourth-order valence-electron chi connectivity index (χ4n) is 4.38. The Labute approximate surface area is 222 Å². The van der Waals surface area contributed by atoms with Gasteiger partial charge in [0, 0.05) is 0 Å². The van der Waals surface area contributed by atoms with Gasteiger partial charge in [0.05, 0.1) is 0 Å². The molecule has 1 saturated carbocycles. The summed E-state index contributed by atoms with van der Waals surface area (Å²) < 4.78 is 0. The van der Waals surface area contributed by atoms with Crippen molar-refractivity contribution in [1.29, 1.82) is 0 Å². The third-order valence-electron chi connectivity index (χ3n) is 7.75. The van der Waals surface area contributed by atoms with E-state index < -0.39 is 0 Å². The van der Waals surface area contributed by atoms with E-state index in [0.717, 1.165) is 35.5 Å². The first-order valence-corrected chi connectivity index (χ1v) is 16.2. The van der Waals surface area contributed by atoms with Crippen molar-refractivity contribution in [2.24, 2.45) is 35.5 Å². The molecule has 0 aliphatic heterocycles. The first-order valence-electron chi connectivity index (χ1n) is 16.2. The first-order chi connectivity index (χ1) is 16.2. The van der Waals surface area contributed by atoms with Gasteiger partial charge in [-0.3, -0.25) is 0 Å². The van der Waals surface area contributed by atoms with Gasteiger partial charge < -0.3 is 0 Å². The van der Waals surface area contributed by atoms with Crippen LogP contribution >= 0.6 is 0 Å². The molecular formula is C34H76. The van der Waals surface area contributed by atoms with Gasteiger partial charge in [-0.2, -0.15) is 0 Å². The molecular weight excluding hydrogens is 408 g/mol. The second-order valence-electron chi connectivity index (χ2n) is 11.4. The van der Waals surface area contributed by atoms with Crippen LogP contribution in [-0.4, -0.2) is 0 Å². The molecule has 0 nitrogen and oxygen atoms in total. The van der Waals surface area contributed by atoms with Gasteiger partial charge in [-0.25, -0.2) is 0 Å². The first kappa shape index (κ1) is 41.1. The number of rotatable bonds is 11. The predicted octanol–water partition coefficient (Wildman–Crippen LogP) is 13.4. The molecule has 0 aromatic carbocycles. The Morgan fingerprint density at radius 1 is 0.559 bits per heavy atom. The summed E-state index contributed by atoms with van der Waals surface area (Å²) in [4.78, 5) is 0. The summed E-state index contributed by atoms with van der Waals surface area (Å²) in [5.41, 5.74) is 0. The minimum absolute atomic E-state index is 0.935. The maximum Gasteiger partial charge on any atom is -0.0381 e. The average molecular weight is 485 g/mol. The fourth-order valence-corrected chi connectivity index (χ4v) is 4.38. The molecule has 0 heterocycles. The molecule has 0 amide bonds. The summed E-state index contributed by atoms with van der Waals surface area (Å²) in [5, 5.41) is 0. The number of unbranched alkanes of at least 4 members (excludes halogenated alkanes) is 1. The van der Waals surface area contributed by atoms with Crippen molar-refractivity contribution in [2.45, 2.75) is 187 Å². The average Bonchev–Trinajstić information content (AvgIpc) is 3.21. The van der Waals surface area contributed by atoms with Gasteiger partial charge >= 0.3 is 0 Å². The largest absolute Gasteiger partial charge is 0.0656 e. The van der Waals surface area contributed by atoms with E-state index in [4.69, 9.17) is 0 Å². The molecule has 0 heteroatoms. The Hall–Kier alpha value is 0. The summed E-state index contributed by atoms with van der Waals surface area (Å²) in [7, 11) is 0. The van der Waals surface area contributed by atoms with Crippen LogP contribution in [0.2, 0.25) is 0 Å². The molecule has 4 atom stereocenters. The van der Waals surface area contributed by atoms with Crippen LogP contribution in [0.15, 0.2) is 0 Å². The minimum Gasteiger partial charge on any atom is -0.0656 e. The highest BCUT2D eigenvalue weighted by Gasteiger charge is 2.30. The van der Waals surface area contributed by atoms with Crippen molar-refractivity contribution in [3.63, 3.8) is 0 Å². The van der Waals surface area contributed by atoms with Crippen LogP contribution in [-0.2, 0) is 0 Å². The summed E-state index contributed by atoms with van der Waals surface area (Å²) in [6.45, 7) is 31.7. The molecule has 4 unspecified atom stereocenters. The third kappa shape index (κ3) is 30.0. The van der Waals surface area contributed by atoms with Gasteiger partial charge in [0.1, 0.15) is 0 Å². The van der Waals surface area contributed by atoms with E-state index in [1.807, 2.05) is 0 Å². The topological polar surface area (TPSA) is 0 Å². The van der Waals surface area contributed by atoms with Crippen molar-refractivity contribution < 1.29 is 0 Å². The van der Waals surface area contributed by atoms with Crippen molar-refractivity contribution in [2.75, 3.05) is 0 Å². The molecule has 1 aliphatic rings. The van der Waals surface area contributed by atoms with Gasteiger partial charge in [-0.15, -0.1) is 0 Å². The van der Waals surface area contributed by atoms with Crippen LogP contribution in [0.25, 0.3) is 0 Å². The molecule has 34 heavy (non-hydrogen) atoms. The third-order valence-corrected chi connectivity index (χ3v) is 7.75. The second kappa shape index (κ2) is 33.0. The zero-order valence-electron chi connectivity index (χ0n) is 27.4. The molecule has 0 N–H and O–H groups in total. The van der Waals surface area contributed by atoms with Crippen LogP contribution in [0.4, 0.5) is 0 Å². The Morgan fingerprint density at radius 3 is 1.21 bits per heavy atom. The Bertz CT molecular complexity index is 310. The van der Waals surface area contributed by atoms with Crippen molar-refractivity contribution in [3.8, 4) is 0 Å². The molecule has 212 valence electrons. The van der Waals surface area contributed by atoms with E-state index in [2.05, 4.69) is 96.9 Å². The lowest BCUT2D eigenvalue weighted by atomic mass is 9.85. The van der Waals surface area contributed by atoms with Gasteiger partial charge in [0.15, 0.2) is 0 Å². The summed E-state index contributed by atoms with van der Waals surface area (Å²) in [5.74, 6) is 5.98. The van der Waals surface area contributed by atoms with E-state index in [1.54, 1.807) is 0 Å². The number of hydrogen-bond donors (Lipinski definition) is 0. The second-order valence-corrected chi connectivity index (χ2v) is 11.4. The quantitative estimate of drug-likeness (QED) is 0.273. The Morgan fingerprint density at radius 2 is 0.971 bits per heavy atom. The molecule has 0 aromatic heterocycles. The van der Waals surface area contributed by atoms with Crippen LogP contribution in [0.1, 0.15) is 187 Å². The van der Waals surface area contributed by atoms with Gasteiger partial charge in [0.2, 0.25) is 0 Å². The van der Waals surface area contributed by atoms with E-state index >= 15 is 0 Å². The Balaban J connectivity index is -0.000000185. The molecule has 0 aromatic rings. The van der Waals surface area contributed by atoms with E-state index in [1.165, 1.54) is 89.9 Å². The van der Waals surface area contributed by atoms with Gasteiger partial charge in [-0.05, 0) is 54.8 Å². The van der Waals surface area contributed by atoms with Crippen molar-refractivity contribution >= 4 is 0 Å². The fraction of sp³-hybridized carbons (Fsp3) is 1.00. The van der Waals surface area contributed by atoms with Gasteiger partial charge in [0.25, 0.3) is 0 Å². The molecule has 0 bridgehead atoms. The molecule has 1 fully saturated rings. The molecule has 0 saturated heterocycles. The van der Waals surface area contributed by atoms with Crippen molar-refractivity contribution in [1.82, 2.24) is 0 Å². The molecule has 1 rings (SSSR count). The smallest absolute Gasteiger partial charge is 0.0381 e. The van der Waals surface area contributed by atoms with Crippen LogP contribution < -0.4 is 0 Å². The maximum atomic E-state index is 2.43. The van der Waals surface area contributed by atoms with E-state index in [-0.39, 0.29) is 0 Å². The zero-order valence-corrected chi connectivity index (χ0v) is 27.4. The normalized spacial score (nSPS) is 19.6. The summed E-state index contributed by atoms with van der Waals surface area (Å²) in [6, 6.07) is 0. The SMILES string of the molecule is CCC.CCC(C)CC.CCC(C)CC1CC(C)CC1CC.CCCC.CCCC(CC)CC. The molecule has 0 spiro atoms. The van der Waals surface area contributed by atoms with E-state index in [9.17, 15) is 0 Å². The highest BCUT2D eigenvalue weighted by molar-refractivity contribution is 4.81. The summed E-state index contributed by atoms with van der Waals surface area (Å²) >= 11 is 0. The van der Waals surface area contributed by atoms with Gasteiger partial charge in [-0.1, -0.05) is 168 Å². The van der Waals surface area contributed by atoms with Crippen LogP contribution in [0.3, 0.4) is 0 Å².